The lowest BCUT2D eigenvalue weighted by Gasteiger charge is -2.16. The van der Waals surface area contributed by atoms with Crippen molar-refractivity contribution in [2.45, 2.75) is 33.0 Å². The molecule has 4 unspecified atom stereocenters. The van der Waals surface area contributed by atoms with Crippen molar-refractivity contribution in [1.82, 2.24) is 0 Å². The Labute approximate surface area is 122 Å². The number of ketones is 1. The number of halogens is 2. The lowest BCUT2D eigenvalue weighted by Crippen LogP contribution is -2.26. The summed E-state index contributed by atoms with van der Waals surface area (Å²) in [5.41, 5.74) is 0.767. The SMILES string of the molecule is CC1OC(C)C(C(=O)c2cc(Br)sc2Br)C1C. The Morgan fingerprint density at radius 1 is 1.29 bits per heavy atom. The fourth-order valence-corrected chi connectivity index (χ4v) is 5.22. The largest absolute Gasteiger partial charge is 0.374 e. The normalized spacial score (nSPS) is 33.0. The molecule has 94 valence electrons. The Hall–Kier alpha value is 0.290. The first kappa shape index (κ1) is 13.7. The van der Waals surface area contributed by atoms with E-state index in [1.807, 2.05) is 19.9 Å². The highest BCUT2D eigenvalue weighted by Gasteiger charge is 2.42. The molecule has 1 fully saturated rings. The molecule has 2 nitrogen and oxygen atoms in total. The topological polar surface area (TPSA) is 26.3 Å². The lowest BCUT2D eigenvalue weighted by atomic mass is 9.84. The third-order valence-electron chi connectivity index (χ3n) is 3.47. The second-order valence-electron chi connectivity index (χ2n) is 4.53. The molecule has 2 rings (SSSR count). The molecular weight excluding hydrogens is 368 g/mol. The quantitative estimate of drug-likeness (QED) is 0.704. The molecule has 0 aliphatic carbocycles. The predicted octanol–water partition coefficient (Wildman–Crippen LogP) is 4.52. The average molecular weight is 382 g/mol. The second kappa shape index (κ2) is 5.11. The van der Waals surface area contributed by atoms with Crippen LogP contribution in [0.3, 0.4) is 0 Å². The monoisotopic (exact) mass is 380 g/mol. The van der Waals surface area contributed by atoms with Gasteiger partial charge in [-0.2, -0.15) is 0 Å². The molecule has 0 radical (unpaired) electrons. The maximum Gasteiger partial charge on any atom is 0.170 e. The van der Waals surface area contributed by atoms with E-state index in [1.54, 1.807) is 0 Å². The molecule has 1 aliphatic rings. The van der Waals surface area contributed by atoms with Crippen LogP contribution in [-0.2, 0) is 4.74 Å². The smallest absolute Gasteiger partial charge is 0.170 e. The molecule has 17 heavy (non-hydrogen) atoms. The summed E-state index contributed by atoms with van der Waals surface area (Å²) in [7, 11) is 0. The minimum Gasteiger partial charge on any atom is -0.374 e. The Balaban J connectivity index is 2.29. The number of ether oxygens (including phenoxy) is 1. The third-order valence-corrected chi connectivity index (χ3v) is 5.81. The van der Waals surface area contributed by atoms with Gasteiger partial charge in [0.15, 0.2) is 5.78 Å². The Morgan fingerprint density at radius 2 is 1.94 bits per heavy atom. The van der Waals surface area contributed by atoms with Gasteiger partial charge in [-0.1, -0.05) is 6.92 Å². The van der Waals surface area contributed by atoms with E-state index < -0.39 is 0 Å². The van der Waals surface area contributed by atoms with Crippen LogP contribution in [-0.4, -0.2) is 18.0 Å². The zero-order chi connectivity index (χ0) is 12.7. The van der Waals surface area contributed by atoms with Crippen LogP contribution < -0.4 is 0 Å². The zero-order valence-electron chi connectivity index (χ0n) is 9.87. The van der Waals surface area contributed by atoms with Gasteiger partial charge in [-0.05, 0) is 57.7 Å². The molecular formula is C12H14Br2O2S. The molecule has 1 aromatic heterocycles. The van der Waals surface area contributed by atoms with Crippen molar-refractivity contribution in [3.63, 3.8) is 0 Å². The highest BCUT2D eigenvalue weighted by Crippen LogP contribution is 2.39. The van der Waals surface area contributed by atoms with Gasteiger partial charge in [-0.15, -0.1) is 11.3 Å². The molecule has 0 N–H and O–H groups in total. The van der Waals surface area contributed by atoms with Gasteiger partial charge in [0, 0.05) is 5.56 Å². The van der Waals surface area contributed by atoms with Gasteiger partial charge in [0.05, 0.1) is 25.7 Å². The molecule has 1 aliphatic heterocycles. The number of hydrogen-bond donors (Lipinski definition) is 0. The van der Waals surface area contributed by atoms with Crippen molar-refractivity contribution in [1.29, 1.82) is 0 Å². The molecule has 0 spiro atoms. The first-order valence-corrected chi connectivity index (χ1v) is 7.96. The summed E-state index contributed by atoms with van der Waals surface area (Å²) < 4.78 is 7.60. The van der Waals surface area contributed by atoms with Gasteiger partial charge in [0.2, 0.25) is 0 Å². The molecule has 1 saturated heterocycles. The number of rotatable bonds is 2. The van der Waals surface area contributed by atoms with Crippen LogP contribution in [0.5, 0.6) is 0 Å². The summed E-state index contributed by atoms with van der Waals surface area (Å²) in [4.78, 5) is 12.5. The maximum absolute atomic E-state index is 12.5. The van der Waals surface area contributed by atoms with Gasteiger partial charge in [-0.25, -0.2) is 0 Å². The standard InChI is InChI=1S/C12H14Br2O2S/c1-5-6(2)16-7(3)10(5)11(15)8-4-9(13)17-12(8)14/h4-7,10H,1-3H3. The molecule has 0 saturated carbocycles. The fraction of sp³-hybridized carbons (Fsp3) is 0.583. The van der Waals surface area contributed by atoms with Crippen molar-refractivity contribution in [3.8, 4) is 0 Å². The summed E-state index contributed by atoms with van der Waals surface area (Å²) in [6, 6.07) is 1.89. The Bertz CT molecular complexity index is 444. The average Bonchev–Trinajstić information content (AvgIpc) is 2.68. The number of carbonyl (C=O) groups excluding carboxylic acids is 1. The van der Waals surface area contributed by atoms with Crippen LogP contribution in [0.2, 0.25) is 0 Å². The minimum absolute atomic E-state index is 0.00178. The summed E-state index contributed by atoms with van der Waals surface area (Å²) in [6.07, 6.45) is 0.151. The fourth-order valence-electron chi connectivity index (χ4n) is 2.41. The third kappa shape index (κ3) is 2.53. The number of carbonyl (C=O) groups is 1. The first-order valence-electron chi connectivity index (χ1n) is 5.56. The van der Waals surface area contributed by atoms with Gasteiger partial charge in [0.25, 0.3) is 0 Å². The molecule has 4 atom stereocenters. The molecule has 0 bridgehead atoms. The van der Waals surface area contributed by atoms with E-state index in [9.17, 15) is 4.79 Å². The highest BCUT2D eigenvalue weighted by atomic mass is 79.9. The molecule has 2 heterocycles. The van der Waals surface area contributed by atoms with E-state index in [0.29, 0.717) is 0 Å². The number of thiophene rings is 1. The van der Waals surface area contributed by atoms with Crippen molar-refractivity contribution >= 4 is 49.0 Å². The van der Waals surface area contributed by atoms with E-state index in [4.69, 9.17) is 4.74 Å². The molecule has 1 aromatic rings. The van der Waals surface area contributed by atoms with E-state index in [0.717, 1.165) is 13.1 Å². The van der Waals surface area contributed by atoms with Crippen molar-refractivity contribution in [2.24, 2.45) is 11.8 Å². The summed E-state index contributed by atoms with van der Waals surface area (Å²) in [6.45, 7) is 6.11. The number of Topliss-reactive ketones (excluding diaryl/α,β-unsaturated/α-hetero) is 1. The van der Waals surface area contributed by atoms with Gasteiger partial charge >= 0.3 is 0 Å². The highest BCUT2D eigenvalue weighted by molar-refractivity contribution is 9.12. The van der Waals surface area contributed by atoms with E-state index >= 15 is 0 Å². The van der Waals surface area contributed by atoms with Crippen LogP contribution in [0.15, 0.2) is 13.6 Å². The summed E-state index contributed by atoms with van der Waals surface area (Å²) in [5, 5.41) is 0. The first-order chi connectivity index (χ1) is 7.91. The van der Waals surface area contributed by atoms with E-state index in [2.05, 4.69) is 38.8 Å². The lowest BCUT2D eigenvalue weighted by molar-refractivity contribution is 0.0491. The predicted molar refractivity (Wildman–Crippen MR) is 76.7 cm³/mol. The van der Waals surface area contributed by atoms with Gasteiger partial charge < -0.3 is 4.74 Å². The number of hydrogen-bond acceptors (Lipinski definition) is 3. The van der Waals surface area contributed by atoms with Gasteiger partial charge in [-0.3, -0.25) is 4.79 Å². The Kier molecular flexibility index (Phi) is 4.13. The van der Waals surface area contributed by atoms with Crippen LogP contribution >= 0.6 is 43.2 Å². The van der Waals surface area contributed by atoms with Crippen molar-refractivity contribution in [2.75, 3.05) is 0 Å². The summed E-state index contributed by atoms with van der Waals surface area (Å²) >= 11 is 8.38. The molecule has 0 aromatic carbocycles. The minimum atomic E-state index is -0.0391. The van der Waals surface area contributed by atoms with Crippen LogP contribution in [0.1, 0.15) is 31.1 Å². The maximum atomic E-state index is 12.5. The zero-order valence-corrected chi connectivity index (χ0v) is 13.9. The van der Waals surface area contributed by atoms with E-state index in [1.165, 1.54) is 11.3 Å². The molecule has 0 amide bonds. The van der Waals surface area contributed by atoms with Crippen molar-refractivity contribution in [3.05, 3.63) is 19.2 Å². The van der Waals surface area contributed by atoms with Crippen LogP contribution in [0.4, 0.5) is 0 Å². The van der Waals surface area contributed by atoms with Crippen molar-refractivity contribution < 1.29 is 9.53 Å². The van der Waals surface area contributed by atoms with Gasteiger partial charge in [0.1, 0.15) is 0 Å². The Morgan fingerprint density at radius 3 is 2.35 bits per heavy atom. The van der Waals surface area contributed by atoms with Crippen LogP contribution in [0.25, 0.3) is 0 Å². The second-order valence-corrected chi connectivity index (χ2v) is 8.28. The summed E-state index contributed by atoms with van der Waals surface area (Å²) in [5.74, 6) is 0.411. The van der Waals surface area contributed by atoms with E-state index in [-0.39, 0.29) is 29.8 Å². The van der Waals surface area contributed by atoms with Crippen LogP contribution in [0, 0.1) is 11.8 Å². The molecule has 5 heteroatoms.